The Balaban J connectivity index is 2.46. The minimum Gasteiger partial charge on any atom is -0.384 e. The Hall–Kier alpha value is -1.39. The summed E-state index contributed by atoms with van der Waals surface area (Å²) in [6, 6.07) is 7.80. The molecule has 3 N–H and O–H groups in total. The van der Waals surface area contributed by atoms with E-state index < -0.39 is 0 Å². The van der Waals surface area contributed by atoms with E-state index in [-0.39, 0.29) is 11.4 Å². The number of hydrogen-bond donors (Lipinski definition) is 2. The number of hydrogen-bond acceptors (Lipinski definition) is 3. The molecular weight excluding hydrogens is 238 g/mol. The second-order valence-corrected chi connectivity index (χ2v) is 5.81. The normalized spacial score (nSPS) is 11.8. The maximum atomic E-state index is 7.44. The summed E-state index contributed by atoms with van der Waals surface area (Å²) in [5.74, 6) is 0.112. The molecular formula is C15H25N3O. The summed E-state index contributed by atoms with van der Waals surface area (Å²) >= 11 is 0. The SMILES string of the molecule is CN(CCOC(C)(C)C)Cc1cccc(C(=N)N)c1. The predicted octanol–water partition coefficient (Wildman–Crippen LogP) is 2.22. The third kappa shape index (κ3) is 6.36. The summed E-state index contributed by atoms with van der Waals surface area (Å²) in [4.78, 5) is 2.20. The van der Waals surface area contributed by atoms with Crippen LogP contribution in [-0.4, -0.2) is 36.5 Å². The number of nitrogens with zero attached hydrogens (tertiary/aromatic N) is 1. The molecule has 4 heteroatoms. The molecule has 0 unspecified atom stereocenters. The van der Waals surface area contributed by atoms with E-state index in [1.54, 1.807) is 0 Å². The first-order valence-corrected chi connectivity index (χ1v) is 6.54. The number of nitrogen functional groups attached to an aromatic ring is 1. The summed E-state index contributed by atoms with van der Waals surface area (Å²) in [5.41, 5.74) is 7.34. The molecule has 1 rings (SSSR count). The topological polar surface area (TPSA) is 62.3 Å². The molecule has 4 nitrogen and oxygen atoms in total. The van der Waals surface area contributed by atoms with E-state index in [9.17, 15) is 0 Å². The van der Waals surface area contributed by atoms with Crippen LogP contribution in [0.4, 0.5) is 0 Å². The van der Waals surface area contributed by atoms with Crippen molar-refractivity contribution in [1.29, 1.82) is 5.41 Å². The van der Waals surface area contributed by atoms with Gasteiger partial charge in [-0.15, -0.1) is 0 Å². The van der Waals surface area contributed by atoms with Gasteiger partial charge in [-0.25, -0.2) is 0 Å². The van der Waals surface area contributed by atoms with Gasteiger partial charge in [-0.05, 0) is 39.4 Å². The maximum Gasteiger partial charge on any atom is 0.122 e. The van der Waals surface area contributed by atoms with E-state index in [0.29, 0.717) is 6.61 Å². The van der Waals surface area contributed by atoms with Crippen molar-refractivity contribution in [2.24, 2.45) is 5.73 Å². The number of rotatable bonds is 6. The van der Waals surface area contributed by atoms with Crippen molar-refractivity contribution in [3.05, 3.63) is 35.4 Å². The highest BCUT2D eigenvalue weighted by Gasteiger charge is 2.10. The zero-order valence-corrected chi connectivity index (χ0v) is 12.4. The van der Waals surface area contributed by atoms with Gasteiger partial charge in [0.2, 0.25) is 0 Å². The van der Waals surface area contributed by atoms with Crippen LogP contribution >= 0.6 is 0 Å². The predicted molar refractivity (Wildman–Crippen MR) is 79.5 cm³/mol. The van der Waals surface area contributed by atoms with Gasteiger partial charge in [0.1, 0.15) is 5.84 Å². The molecule has 0 atom stereocenters. The van der Waals surface area contributed by atoms with Crippen molar-refractivity contribution < 1.29 is 4.74 Å². The summed E-state index contributed by atoms with van der Waals surface area (Å²) in [6.45, 7) is 8.60. The molecule has 1 aromatic rings. The fourth-order valence-electron chi connectivity index (χ4n) is 1.74. The number of amidine groups is 1. The fourth-order valence-corrected chi connectivity index (χ4v) is 1.74. The van der Waals surface area contributed by atoms with Gasteiger partial charge in [-0.1, -0.05) is 18.2 Å². The molecule has 0 fully saturated rings. The Bertz CT molecular complexity index is 424. The Kier molecular flexibility index (Phi) is 5.51. The van der Waals surface area contributed by atoms with Crippen LogP contribution in [0, 0.1) is 5.41 Å². The highest BCUT2D eigenvalue weighted by Crippen LogP contribution is 2.09. The van der Waals surface area contributed by atoms with Crippen LogP contribution in [0.15, 0.2) is 24.3 Å². The lowest BCUT2D eigenvalue weighted by Gasteiger charge is -2.23. The summed E-state index contributed by atoms with van der Waals surface area (Å²) < 4.78 is 5.70. The quantitative estimate of drug-likeness (QED) is 0.611. The van der Waals surface area contributed by atoms with Crippen LogP contribution in [0.25, 0.3) is 0 Å². The molecule has 0 spiro atoms. The van der Waals surface area contributed by atoms with Gasteiger partial charge in [0.05, 0.1) is 12.2 Å². The largest absolute Gasteiger partial charge is 0.384 e. The molecule has 0 aromatic heterocycles. The molecule has 0 saturated heterocycles. The molecule has 0 radical (unpaired) electrons. The Morgan fingerprint density at radius 2 is 2.05 bits per heavy atom. The number of nitrogens with two attached hydrogens (primary N) is 1. The number of likely N-dealkylation sites (N-methyl/N-ethyl adjacent to an activating group) is 1. The summed E-state index contributed by atoms with van der Waals surface area (Å²) in [6.07, 6.45) is 0. The van der Waals surface area contributed by atoms with E-state index >= 15 is 0 Å². The van der Waals surface area contributed by atoms with Gasteiger partial charge in [-0.2, -0.15) is 0 Å². The van der Waals surface area contributed by atoms with Crippen molar-refractivity contribution >= 4 is 5.84 Å². The standard InChI is InChI=1S/C15H25N3O/c1-15(2,3)19-9-8-18(4)11-12-6-5-7-13(10-12)14(16)17/h5-7,10H,8-9,11H2,1-4H3,(H3,16,17). The highest BCUT2D eigenvalue weighted by molar-refractivity contribution is 5.95. The Morgan fingerprint density at radius 1 is 1.37 bits per heavy atom. The average molecular weight is 263 g/mol. The molecule has 0 amide bonds. The van der Waals surface area contributed by atoms with Crippen LogP contribution in [0.1, 0.15) is 31.9 Å². The van der Waals surface area contributed by atoms with Crippen LogP contribution in [0.3, 0.4) is 0 Å². The lowest BCUT2D eigenvalue weighted by atomic mass is 10.1. The second kappa shape index (κ2) is 6.68. The van der Waals surface area contributed by atoms with Crippen molar-refractivity contribution in [1.82, 2.24) is 4.90 Å². The fraction of sp³-hybridized carbons (Fsp3) is 0.533. The van der Waals surface area contributed by atoms with E-state index in [2.05, 4.69) is 32.7 Å². The highest BCUT2D eigenvalue weighted by atomic mass is 16.5. The molecule has 0 aliphatic heterocycles. The first-order chi connectivity index (χ1) is 8.78. The molecule has 19 heavy (non-hydrogen) atoms. The monoisotopic (exact) mass is 263 g/mol. The minimum absolute atomic E-state index is 0.0879. The van der Waals surface area contributed by atoms with Crippen LogP contribution in [0.2, 0.25) is 0 Å². The molecule has 0 bridgehead atoms. The van der Waals surface area contributed by atoms with E-state index in [1.807, 2.05) is 24.3 Å². The first-order valence-electron chi connectivity index (χ1n) is 6.54. The summed E-state index contributed by atoms with van der Waals surface area (Å²) in [7, 11) is 2.06. The van der Waals surface area contributed by atoms with E-state index in [4.69, 9.17) is 15.9 Å². The third-order valence-corrected chi connectivity index (χ3v) is 2.70. The molecule has 0 aliphatic rings. The van der Waals surface area contributed by atoms with Gasteiger partial charge in [0, 0.05) is 18.7 Å². The van der Waals surface area contributed by atoms with Crippen molar-refractivity contribution in [2.45, 2.75) is 32.9 Å². The van der Waals surface area contributed by atoms with Gasteiger partial charge in [-0.3, -0.25) is 10.3 Å². The molecule has 1 aromatic carbocycles. The van der Waals surface area contributed by atoms with Crippen molar-refractivity contribution in [2.75, 3.05) is 20.2 Å². The number of nitrogens with one attached hydrogen (secondary N) is 1. The Morgan fingerprint density at radius 3 is 2.63 bits per heavy atom. The Labute approximate surface area is 116 Å². The van der Waals surface area contributed by atoms with E-state index in [0.717, 1.165) is 24.2 Å². The van der Waals surface area contributed by atoms with Crippen LogP contribution in [0.5, 0.6) is 0 Å². The molecule has 0 saturated carbocycles. The smallest absolute Gasteiger partial charge is 0.122 e. The van der Waals surface area contributed by atoms with Crippen molar-refractivity contribution in [3.8, 4) is 0 Å². The first kappa shape index (κ1) is 15.7. The van der Waals surface area contributed by atoms with Gasteiger partial charge < -0.3 is 10.5 Å². The van der Waals surface area contributed by atoms with E-state index in [1.165, 1.54) is 0 Å². The zero-order chi connectivity index (χ0) is 14.5. The minimum atomic E-state index is -0.0879. The molecule has 106 valence electrons. The zero-order valence-electron chi connectivity index (χ0n) is 12.4. The van der Waals surface area contributed by atoms with Crippen LogP contribution < -0.4 is 5.73 Å². The second-order valence-electron chi connectivity index (χ2n) is 5.81. The lowest BCUT2D eigenvalue weighted by Crippen LogP contribution is -2.28. The third-order valence-electron chi connectivity index (χ3n) is 2.70. The summed E-state index contributed by atoms with van der Waals surface area (Å²) in [5, 5.41) is 7.44. The van der Waals surface area contributed by atoms with Gasteiger partial charge in [0.25, 0.3) is 0 Å². The number of benzene rings is 1. The van der Waals surface area contributed by atoms with Crippen LogP contribution in [-0.2, 0) is 11.3 Å². The average Bonchev–Trinajstić information content (AvgIpc) is 2.27. The number of ether oxygens (including phenoxy) is 1. The maximum absolute atomic E-state index is 7.44. The molecule has 0 aliphatic carbocycles. The van der Waals surface area contributed by atoms with Gasteiger partial charge >= 0.3 is 0 Å². The lowest BCUT2D eigenvalue weighted by molar-refractivity contribution is -0.0113. The van der Waals surface area contributed by atoms with Crippen molar-refractivity contribution in [3.63, 3.8) is 0 Å². The van der Waals surface area contributed by atoms with Gasteiger partial charge in [0.15, 0.2) is 0 Å². The molecule has 0 heterocycles.